The van der Waals surface area contributed by atoms with E-state index in [1.54, 1.807) is 13.0 Å². The molecule has 0 spiro atoms. The fourth-order valence-corrected chi connectivity index (χ4v) is 1.93. The van der Waals surface area contributed by atoms with Crippen LogP contribution < -0.4 is 5.56 Å². The molecule has 3 rings (SSSR count). The highest BCUT2D eigenvalue weighted by Gasteiger charge is 2.07. The van der Waals surface area contributed by atoms with Crippen molar-refractivity contribution >= 4 is 11.0 Å². The molecular formula is C13H11N3O. The van der Waals surface area contributed by atoms with E-state index in [4.69, 9.17) is 0 Å². The lowest BCUT2D eigenvalue weighted by molar-refractivity contribution is 1.01. The van der Waals surface area contributed by atoms with Crippen molar-refractivity contribution in [2.24, 2.45) is 0 Å². The molecule has 2 heterocycles. The van der Waals surface area contributed by atoms with Gasteiger partial charge in [-0.3, -0.25) is 4.79 Å². The van der Waals surface area contributed by atoms with Crippen LogP contribution in [0, 0.1) is 6.92 Å². The summed E-state index contributed by atoms with van der Waals surface area (Å²) in [6, 6.07) is 11.6. The molecule has 0 aliphatic carbocycles. The molecule has 4 heteroatoms. The van der Waals surface area contributed by atoms with Crippen molar-refractivity contribution in [3.8, 4) is 5.69 Å². The van der Waals surface area contributed by atoms with Crippen LogP contribution in [-0.2, 0) is 0 Å². The third-order valence-corrected chi connectivity index (χ3v) is 2.71. The lowest BCUT2D eigenvalue weighted by atomic mass is 10.3. The molecule has 2 aromatic heterocycles. The number of benzene rings is 1. The van der Waals surface area contributed by atoms with Crippen molar-refractivity contribution in [3.05, 3.63) is 58.8 Å². The fourth-order valence-electron chi connectivity index (χ4n) is 1.93. The van der Waals surface area contributed by atoms with Crippen LogP contribution in [0.5, 0.6) is 0 Å². The van der Waals surface area contributed by atoms with E-state index in [-0.39, 0.29) is 5.56 Å². The van der Waals surface area contributed by atoms with E-state index in [1.165, 1.54) is 0 Å². The van der Waals surface area contributed by atoms with Gasteiger partial charge >= 0.3 is 0 Å². The molecule has 1 aromatic carbocycles. The Morgan fingerprint density at radius 1 is 1.18 bits per heavy atom. The van der Waals surface area contributed by atoms with Gasteiger partial charge in [-0.1, -0.05) is 18.2 Å². The summed E-state index contributed by atoms with van der Waals surface area (Å²) in [6.07, 6.45) is 1.86. The number of hydrogen-bond acceptors (Lipinski definition) is 2. The molecule has 0 fully saturated rings. The van der Waals surface area contributed by atoms with E-state index in [2.05, 4.69) is 9.97 Å². The van der Waals surface area contributed by atoms with Crippen LogP contribution in [0.3, 0.4) is 0 Å². The molecule has 0 saturated carbocycles. The average Bonchev–Trinajstić information content (AvgIpc) is 2.74. The maximum atomic E-state index is 11.7. The standard InChI is InChI=1S/C13H11N3O/c1-9-14-12-11(13(17)15-9)7-8-16(12)10-5-3-2-4-6-10/h2-8H,1H3,(H,14,15,17). The summed E-state index contributed by atoms with van der Waals surface area (Å²) >= 11 is 0. The van der Waals surface area contributed by atoms with Crippen molar-refractivity contribution in [2.75, 3.05) is 0 Å². The maximum absolute atomic E-state index is 11.7. The molecule has 0 atom stereocenters. The lowest BCUT2D eigenvalue weighted by Gasteiger charge is -2.04. The minimum absolute atomic E-state index is 0.0952. The molecule has 84 valence electrons. The highest BCUT2D eigenvalue weighted by atomic mass is 16.1. The number of aromatic nitrogens is 3. The number of H-pyrrole nitrogens is 1. The normalized spacial score (nSPS) is 10.9. The highest BCUT2D eigenvalue weighted by molar-refractivity contribution is 5.77. The predicted molar refractivity (Wildman–Crippen MR) is 66.4 cm³/mol. The first-order valence-electron chi connectivity index (χ1n) is 5.39. The Hall–Kier alpha value is -2.36. The smallest absolute Gasteiger partial charge is 0.260 e. The number of para-hydroxylation sites is 1. The van der Waals surface area contributed by atoms with E-state index in [1.807, 2.05) is 41.1 Å². The van der Waals surface area contributed by atoms with Crippen LogP contribution in [0.15, 0.2) is 47.4 Å². The third kappa shape index (κ3) is 1.54. The van der Waals surface area contributed by atoms with Gasteiger partial charge in [0.1, 0.15) is 5.82 Å². The molecule has 0 aliphatic rings. The highest BCUT2D eigenvalue weighted by Crippen LogP contribution is 2.15. The summed E-state index contributed by atoms with van der Waals surface area (Å²) in [5.74, 6) is 0.624. The third-order valence-electron chi connectivity index (χ3n) is 2.71. The first-order chi connectivity index (χ1) is 8.25. The zero-order valence-corrected chi connectivity index (χ0v) is 9.34. The second-order valence-corrected chi connectivity index (χ2v) is 3.91. The van der Waals surface area contributed by atoms with E-state index < -0.39 is 0 Å². The van der Waals surface area contributed by atoms with Crippen molar-refractivity contribution in [1.82, 2.24) is 14.5 Å². The summed E-state index contributed by atoms with van der Waals surface area (Å²) in [5, 5.41) is 0.611. The van der Waals surface area contributed by atoms with Crippen LogP contribution in [0.1, 0.15) is 5.82 Å². The molecule has 0 aliphatic heterocycles. The van der Waals surface area contributed by atoms with Crippen LogP contribution in [0.4, 0.5) is 0 Å². The second-order valence-electron chi connectivity index (χ2n) is 3.91. The van der Waals surface area contributed by atoms with Crippen molar-refractivity contribution < 1.29 is 0 Å². The molecule has 0 unspecified atom stereocenters. The Bertz CT molecular complexity index is 725. The van der Waals surface area contributed by atoms with Gasteiger partial charge in [0.05, 0.1) is 5.39 Å². The van der Waals surface area contributed by atoms with Gasteiger partial charge in [0.25, 0.3) is 5.56 Å². The average molecular weight is 225 g/mol. The number of aryl methyl sites for hydroxylation is 1. The van der Waals surface area contributed by atoms with Gasteiger partial charge in [-0.05, 0) is 25.1 Å². The van der Waals surface area contributed by atoms with E-state index in [0.29, 0.717) is 16.9 Å². The molecule has 3 aromatic rings. The molecule has 4 nitrogen and oxygen atoms in total. The summed E-state index contributed by atoms with van der Waals surface area (Å²) in [4.78, 5) is 18.8. The number of nitrogens with zero attached hydrogens (tertiary/aromatic N) is 2. The van der Waals surface area contributed by atoms with E-state index >= 15 is 0 Å². The Morgan fingerprint density at radius 2 is 1.94 bits per heavy atom. The van der Waals surface area contributed by atoms with Gasteiger partial charge < -0.3 is 9.55 Å². The first kappa shape index (κ1) is 9.84. The summed E-state index contributed by atoms with van der Waals surface area (Å²) in [7, 11) is 0. The van der Waals surface area contributed by atoms with Crippen LogP contribution in [0.25, 0.3) is 16.7 Å². The minimum Gasteiger partial charge on any atom is -0.310 e. The van der Waals surface area contributed by atoms with Gasteiger partial charge in [-0.15, -0.1) is 0 Å². The molecule has 0 radical (unpaired) electrons. The summed E-state index contributed by atoms with van der Waals surface area (Å²) < 4.78 is 1.91. The minimum atomic E-state index is -0.0952. The zero-order valence-electron chi connectivity index (χ0n) is 9.34. The topological polar surface area (TPSA) is 50.7 Å². The zero-order chi connectivity index (χ0) is 11.8. The van der Waals surface area contributed by atoms with Gasteiger partial charge in [0.15, 0.2) is 5.65 Å². The Morgan fingerprint density at radius 3 is 2.71 bits per heavy atom. The molecule has 0 saturated heterocycles. The Balaban J connectivity index is 2.36. The van der Waals surface area contributed by atoms with Crippen LogP contribution in [0.2, 0.25) is 0 Å². The Labute approximate surface area is 97.6 Å². The number of fused-ring (bicyclic) bond motifs is 1. The molecule has 0 amide bonds. The number of hydrogen-bond donors (Lipinski definition) is 1. The van der Waals surface area contributed by atoms with Gasteiger partial charge in [-0.2, -0.15) is 0 Å². The molecule has 1 N–H and O–H groups in total. The maximum Gasteiger partial charge on any atom is 0.260 e. The van der Waals surface area contributed by atoms with Crippen molar-refractivity contribution in [3.63, 3.8) is 0 Å². The summed E-state index contributed by atoms with van der Waals surface area (Å²) in [6.45, 7) is 1.78. The fraction of sp³-hybridized carbons (Fsp3) is 0.0769. The largest absolute Gasteiger partial charge is 0.310 e. The van der Waals surface area contributed by atoms with E-state index in [0.717, 1.165) is 5.69 Å². The first-order valence-corrected chi connectivity index (χ1v) is 5.39. The SMILES string of the molecule is Cc1nc2c(ccn2-c2ccccc2)c(=O)[nH]1. The number of aromatic amines is 1. The van der Waals surface area contributed by atoms with Crippen molar-refractivity contribution in [2.45, 2.75) is 6.92 Å². The Kier molecular flexibility index (Phi) is 2.08. The van der Waals surface area contributed by atoms with E-state index in [9.17, 15) is 4.79 Å². The van der Waals surface area contributed by atoms with Gasteiger partial charge in [0, 0.05) is 11.9 Å². The van der Waals surface area contributed by atoms with Gasteiger partial charge in [-0.25, -0.2) is 4.98 Å². The summed E-state index contributed by atoms with van der Waals surface area (Å²) in [5.41, 5.74) is 1.60. The number of rotatable bonds is 1. The van der Waals surface area contributed by atoms with Gasteiger partial charge in [0.2, 0.25) is 0 Å². The van der Waals surface area contributed by atoms with Crippen LogP contribution in [-0.4, -0.2) is 14.5 Å². The molecule has 0 bridgehead atoms. The molecule has 17 heavy (non-hydrogen) atoms. The number of nitrogens with one attached hydrogen (secondary N) is 1. The molecular weight excluding hydrogens is 214 g/mol. The lowest BCUT2D eigenvalue weighted by Crippen LogP contribution is -2.09. The quantitative estimate of drug-likeness (QED) is 0.688. The van der Waals surface area contributed by atoms with Crippen molar-refractivity contribution in [1.29, 1.82) is 0 Å². The second kappa shape index (κ2) is 3.59. The van der Waals surface area contributed by atoms with Crippen LogP contribution >= 0.6 is 0 Å². The monoisotopic (exact) mass is 225 g/mol. The predicted octanol–water partition coefficient (Wildman–Crippen LogP) is 2.02.